The molecule has 0 aromatic heterocycles. The Kier molecular flexibility index (Phi) is 6.02. The second kappa shape index (κ2) is 7.78. The molecule has 2 rings (SSSR count). The number of hydrogen-bond acceptors (Lipinski definition) is 3. The molecule has 7 heteroatoms. The molecule has 0 fully saturated rings. The lowest BCUT2D eigenvalue weighted by Gasteiger charge is -2.16. The molecule has 0 spiro atoms. The van der Waals surface area contributed by atoms with Gasteiger partial charge in [-0.3, -0.25) is 4.99 Å². The van der Waals surface area contributed by atoms with Crippen LogP contribution in [-0.2, 0) is 9.84 Å². The third-order valence-electron chi connectivity index (χ3n) is 3.41. The van der Waals surface area contributed by atoms with Gasteiger partial charge in [0.15, 0.2) is 15.8 Å². The van der Waals surface area contributed by atoms with Crippen molar-refractivity contribution >= 4 is 31.7 Å². The number of rotatable bonds is 5. The van der Waals surface area contributed by atoms with Crippen LogP contribution in [-0.4, -0.2) is 39.8 Å². The van der Waals surface area contributed by atoms with Crippen molar-refractivity contribution in [1.29, 1.82) is 0 Å². The summed E-state index contributed by atoms with van der Waals surface area (Å²) in [5.74, 6) is 0.665. The van der Waals surface area contributed by atoms with Crippen molar-refractivity contribution in [2.24, 2.45) is 4.99 Å². The minimum Gasteiger partial charge on any atom is -0.355 e. The molecule has 1 aliphatic rings. The van der Waals surface area contributed by atoms with Crippen LogP contribution in [0.2, 0.25) is 0 Å². The van der Waals surface area contributed by atoms with Crippen molar-refractivity contribution < 1.29 is 8.42 Å². The summed E-state index contributed by atoms with van der Waals surface area (Å²) in [4.78, 5) is 4.45. The monoisotopic (exact) mass is 385 g/mol. The van der Waals surface area contributed by atoms with Gasteiger partial charge in [-0.2, -0.15) is 0 Å². The fourth-order valence-corrected chi connectivity index (χ4v) is 3.61. The molecule has 0 bridgehead atoms. The molecular formula is C15H20BrN3O2S. The summed E-state index contributed by atoms with van der Waals surface area (Å²) >= 11 is 3.30. The van der Waals surface area contributed by atoms with Gasteiger partial charge in [-0.05, 0) is 37.1 Å². The zero-order valence-corrected chi connectivity index (χ0v) is 14.8. The molecule has 5 nitrogen and oxygen atoms in total. The largest absolute Gasteiger partial charge is 0.355 e. The van der Waals surface area contributed by atoms with Crippen LogP contribution >= 0.6 is 15.9 Å². The van der Waals surface area contributed by atoms with Crippen LogP contribution in [0.3, 0.4) is 0 Å². The summed E-state index contributed by atoms with van der Waals surface area (Å²) in [6.45, 7) is 0.318. The molecule has 1 aromatic rings. The predicted molar refractivity (Wildman–Crippen MR) is 92.9 cm³/mol. The highest BCUT2D eigenvalue weighted by molar-refractivity contribution is 9.10. The van der Waals surface area contributed by atoms with Crippen LogP contribution < -0.4 is 10.6 Å². The summed E-state index contributed by atoms with van der Waals surface area (Å²) < 4.78 is 25.3. The first-order chi connectivity index (χ1) is 10.5. The molecule has 1 aromatic carbocycles. The quantitative estimate of drug-likeness (QED) is 0.462. The molecule has 2 N–H and O–H groups in total. The number of hydrogen-bond donors (Lipinski definition) is 2. The number of aliphatic imine (C=N–C) groups is 1. The van der Waals surface area contributed by atoms with E-state index in [-0.39, 0.29) is 5.75 Å². The van der Waals surface area contributed by atoms with Crippen molar-refractivity contribution in [2.75, 3.05) is 19.3 Å². The predicted octanol–water partition coefficient (Wildman–Crippen LogP) is 2.11. The Morgan fingerprint density at radius 3 is 2.50 bits per heavy atom. The fraction of sp³-hybridized carbons (Fsp3) is 0.400. The summed E-state index contributed by atoms with van der Waals surface area (Å²) in [5, 5.41) is 6.33. The fourth-order valence-electron chi connectivity index (χ4n) is 2.19. The zero-order valence-electron chi connectivity index (χ0n) is 12.4. The molecule has 120 valence electrons. The van der Waals surface area contributed by atoms with Gasteiger partial charge in [-0.25, -0.2) is 8.42 Å². The molecule has 22 heavy (non-hydrogen) atoms. The molecule has 0 atom stereocenters. The van der Waals surface area contributed by atoms with Crippen LogP contribution in [0.5, 0.6) is 0 Å². The van der Waals surface area contributed by atoms with Crippen molar-refractivity contribution in [3.05, 3.63) is 40.9 Å². The van der Waals surface area contributed by atoms with Gasteiger partial charge in [-0.1, -0.05) is 28.1 Å². The number of sulfone groups is 1. The van der Waals surface area contributed by atoms with Crippen LogP contribution in [0.1, 0.15) is 12.8 Å². The van der Waals surface area contributed by atoms with Gasteiger partial charge in [0.05, 0.1) is 10.6 Å². The Morgan fingerprint density at radius 2 is 1.91 bits per heavy atom. The van der Waals surface area contributed by atoms with Crippen molar-refractivity contribution in [3.63, 3.8) is 0 Å². The minimum absolute atomic E-state index is 0.0260. The lowest BCUT2D eigenvalue weighted by Crippen LogP contribution is -2.43. The Bertz CT molecular complexity index is 646. The van der Waals surface area contributed by atoms with E-state index >= 15 is 0 Å². The molecule has 0 saturated heterocycles. The van der Waals surface area contributed by atoms with E-state index < -0.39 is 9.84 Å². The van der Waals surface area contributed by atoms with Gasteiger partial charge in [0.2, 0.25) is 0 Å². The van der Waals surface area contributed by atoms with Gasteiger partial charge in [0.1, 0.15) is 0 Å². The van der Waals surface area contributed by atoms with E-state index in [0.717, 1.165) is 17.3 Å². The number of halogens is 1. The lowest BCUT2D eigenvalue weighted by atomic mass is 10.2. The average Bonchev–Trinajstić information content (AvgIpc) is 2.99. The molecule has 0 heterocycles. The second-order valence-corrected chi connectivity index (χ2v) is 8.08. The highest BCUT2D eigenvalue weighted by Crippen LogP contribution is 2.15. The van der Waals surface area contributed by atoms with Crippen molar-refractivity contribution in [1.82, 2.24) is 10.6 Å². The van der Waals surface area contributed by atoms with Crippen molar-refractivity contribution in [2.45, 2.75) is 23.8 Å². The first kappa shape index (κ1) is 17.0. The van der Waals surface area contributed by atoms with Crippen LogP contribution in [0.4, 0.5) is 0 Å². The average molecular weight is 386 g/mol. The molecule has 0 aliphatic heterocycles. The Hall–Kier alpha value is -1.34. The summed E-state index contributed by atoms with van der Waals surface area (Å²) in [6, 6.07) is 7.02. The van der Waals surface area contributed by atoms with E-state index in [9.17, 15) is 8.42 Å². The highest BCUT2D eigenvalue weighted by Gasteiger charge is 2.15. The number of benzene rings is 1. The van der Waals surface area contributed by atoms with E-state index in [0.29, 0.717) is 23.4 Å². The Balaban J connectivity index is 1.84. The first-order valence-electron chi connectivity index (χ1n) is 7.12. The smallest absolute Gasteiger partial charge is 0.191 e. The summed E-state index contributed by atoms with van der Waals surface area (Å²) in [5.41, 5.74) is 0. The van der Waals surface area contributed by atoms with Gasteiger partial charge >= 0.3 is 0 Å². The van der Waals surface area contributed by atoms with Crippen LogP contribution in [0, 0.1) is 0 Å². The normalized spacial score (nSPS) is 16.0. The van der Waals surface area contributed by atoms with Crippen LogP contribution in [0.15, 0.2) is 50.8 Å². The molecule has 0 unspecified atom stereocenters. The van der Waals surface area contributed by atoms with Crippen molar-refractivity contribution in [3.8, 4) is 0 Å². The van der Waals surface area contributed by atoms with E-state index in [1.165, 1.54) is 0 Å². The second-order valence-electron chi connectivity index (χ2n) is 5.06. The summed E-state index contributed by atoms with van der Waals surface area (Å²) in [7, 11) is -1.61. The Morgan fingerprint density at radius 1 is 1.27 bits per heavy atom. The third-order valence-corrected chi connectivity index (χ3v) is 5.67. The number of nitrogens with one attached hydrogen (secondary N) is 2. The molecule has 0 radical (unpaired) electrons. The molecule has 0 amide bonds. The van der Waals surface area contributed by atoms with Gasteiger partial charge in [0, 0.05) is 24.1 Å². The maximum atomic E-state index is 12.2. The Labute approximate surface area is 140 Å². The lowest BCUT2D eigenvalue weighted by molar-refractivity contribution is 0.593. The minimum atomic E-state index is -3.29. The van der Waals surface area contributed by atoms with Gasteiger partial charge < -0.3 is 10.6 Å². The summed E-state index contributed by atoms with van der Waals surface area (Å²) in [6.07, 6.45) is 6.20. The van der Waals surface area contributed by atoms with Gasteiger partial charge in [0.25, 0.3) is 0 Å². The van der Waals surface area contributed by atoms with E-state index in [1.54, 1.807) is 31.3 Å². The highest BCUT2D eigenvalue weighted by atomic mass is 79.9. The van der Waals surface area contributed by atoms with Gasteiger partial charge in [-0.15, -0.1) is 0 Å². The SMILES string of the molecule is CN=C(NCCS(=O)(=O)c1ccc(Br)cc1)NC1CC=CC1. The number of nitrogens with zero attached hydrogens (tertiary/aromatic N) is 1. The maximum absolute atomic E-state index is 12.2. The molecule has 0 saturated carbocycles. The zero-order chi connectivity index (χ0) is 16.0. The molecule has 1 aliphatic carbocycles. The maximum Gasteiger partial charge on any atom is 0.191 e. The van der Waals surface area contributed by atoms with E-state index in [1.807, 2.05) is 0 Å². The number of guanidine groups is 1. The first-order valence-corrected chi connectivity index (χ1v) is 9.56. The van der Waals surface area contributed by atoms with E-state index in [4.69, 9.17) is 0 Å². The van der Waals surface area contributed by atoms with E-state index in [2.05, 4.69) is 43.7 Å². The van der Waals surface area contributed by atoms with Crippen LogP contribution in [0.25, 0.3) is 0 Å². The standard InChI is InChI=1S/C15H20BrN3O2S/c1-17-15(19-13-4-2-3-5-13)18-10-11-22(20,21)14-8-6-12(16)7-9-14/h2-3,6-9,13H,4-5,10-11H2,1H3,(H2,17,18,19). The third kappa shape index (κ3) is 4.84. The molecular weight excluding hydrogens is 366 g/mol. The topological polar surface area (TPSA) is 70.6 Å².